The van der Waals surface area contributed by atoms with Gasteiger partial charge < -0.3 is 0 Å². The molecule has 0 aromatic heterocycles. The summed E-state index contributed by atoms with van der Waals surface area (Å²) in [6.45, 7) is 0. The first-order chi connectivity index (χ1) is 5.96. The van der Waals surface area contributed by atoms with Crippen LogP contribution >= 0.6 is 46.4 Å². The van der Waals surface area contributed by atoms with Crippen molar-refractivity contribution in [3.8, 4) is 0 Å². The smallest absolute Gasteiger partial charge is 0.207 e. The van der Waals surface area contributed by atoms with E-state index in [0.29, 0.717) is 0 Å². The van der Waals surface area contributed by atoms with Crippen LogP contribution in [0.15, 0.2) is 18.2 Å². The van der Waals surface area contributed by atoms with Crippen LogP contribution in [0.25, 0.3) is 0 Å². The van der Waals surface area contributed by atoms with Gasteiger partial charge in [0.15, 0.2) is 0 Å². The van der Waals surface area contributed by atoms with E-state index in [2.05, 4.69) is 0 Å². The Morgan fingerprint density at radius 2 is 1.85 bits per heavy atom. The minimum atomic E-state index is -1.63. The second-order valence-corrected chi connectivity index (χ2v) is 4.95. The third kappa shape index (κ3) is 2.63. The molecular weight excluding hydrogens is 257 g/mol. The van der Waals surface area contributed by atoms with Gasteiger partial charge in [0, 0.05) is 11.1 Å². The summed E-state index contributed by atoms with van der Waals surface area (Å²) in [5.74, 6) is -0.477. The van der Waals surface area contributed by atoms with Crippen molar-refractivity contribution >= 4 is 46.4 Å². The van der Waals surface area contributed by atoms with Crippen molar-refractivity contribution in [1.82, 2.24) is 0 Å². The second kappa shape index (κ2) is 4.22. The maximum Gasteiger partial charge on any atom is 0.216 e. The highest BCUT2D eigenvalue weighted by molar-refractivity contribution is 6.66. The molecule has 5 heteroatoms. The molecule has 0 amide bonds. The second-order valence-electron chi connectivity index (χ2n) is 2.40. The van der Waals surface area contributed by atoms with E-state index < -0.39 is 9.61 Å². The summed E-state index contributed by atoms with van der Waals surface area (Å²) < 4.78 is 11.5. The number of alkyl halides is 4. The molecule has 1 rings (SSSR count). The van der Waals surface area contributed by atoms with E-state index >= 15 is 0 Å². The fourth-order valence-corrected chi connectivity index (χ4v) is 1.76. The predicted octanol–water partition coefficient (Wildman–Crippen LogP) is 4.39. The SMILES string of the molecule is Fc1cccc(C(Cl)(Cl)Cl)c1CCl. The van der Waals surface area contributed by atoms with Gasteiger partial charge in [0.25, 0.3) is 0 Å². The van der Waals surface area contributed by atoms with Crippen LogP contribution in [0.2, 0.25) is 0 Å². The number of rotatable bonds is 1. The highest BCUT2D eigenvalue weighted by Gasteiger charge is 2.26. The summed E-state index contributed by atoms with van der Waals surface area (Å²) in [6, 6.07) is 4.29. The third-order valence-corrected chi connectivity index (χ3v) is 2.44. The Morgan fingerprint density at radius 3 is 2.23 bits per heavy atom. The molecule has 0 unspecified atom stereocenters. The Hall–Kier alpha value is 0.310. The van der Waals surface area contributed by atoms with Gasteiger partial charge in [0.1, 0.15) is 5.82 Å². The van der Waals surface area contributed by atoms with E-state index in [0.717, 1.165) is 0 Å². The molecule has 0 fully saturated rings. The van der Waals surface area contributed by atoms with Crippen LogP contribution in [0.5, 0.6) is 0 Å². The Balaban J connectivity index is 3.29. The molecule has 0 atom stereocenters. The van der Waals surface area contributed by atoms with Crippen LogP contribution in [0.3, 0.4) is 0 Å². The molecular formula is C8H5Cl4F. The van der Waals surface area contributed by atoms with E-state index in [-0.39, 0.29) is 17.0 Å². The van der Waals surface area contributed by atoms with E-state index in [4.69, 9.17) is 46.4 Å². The molecule has 0 heterocycles. The fraction of sp³-hybridized carbons (Fsp3) is 0.250. The summed E-state index contributed by atoms with van der Waals surface area (Å²) in [7, 11) is 0. The van der Waals surface area contributed by atoms with Gasteiger partial charge in [-0.05, 0) is 6.07 Å². The molecule has 1 aromatic rings. The van der Waals surface area contributed by atoms with E-state index in [1.807, 2.05) is 0 Å². The minimum absolute atomic E-state index is 0.0179. The van der Waals surface area contributed by atoms with Gasteiger partial charge >= 0.3 is 0 Å². The lowest BCUT2D eigenvalue weighted by Gasteiger charge is -2.15. The Morgan fingerprint density at radius 1 is 1.23 bits per heavy atom. The first-order valence-electron chi connectivity index (χ1n) is 3.37. The molecule has 0 saturated heterocycles. The highest BCUT2D eigenvalue weighted by atomic mass is 35.6. The molecule has 0 aliphatic rings. The number of hydrogen-bond acceptors (Lipinski definition) is 0. The van der Waals surface area contributed by atoms with Gasteiger partial charge in [0.2, 0.25) is 3.79 Å². The summed E-state index contributed by atoms with van der Waals surface area (Å²) >= 11 is 22.4. The molecule has 0 nitrogen and oxygen atoms in total. The lowest BCUT2D eigenvalue weighted by atomic mass is 10.1. The number of halogens is 5. The predicted molar refractivity (Wildman–Crippen MR) is 55.2 cm³/mol. The molecule has 1 aromatic carbocycles. The Kier molecular flexibility index (Phi) is 3.70. The molecule has 0 N–H and O–H groups in total. The quantitative estimate of drug-likeness (QED) is 0.658. The molecule has 0 bridgehead atoms. The Labute approximate surface area is 95.5 Å². The van der Waals surface area contributed by atoms with E-state index in [9.17, 15) is 4.39 Å². The molecule has 13 heavy (non-hydrogen) atoms. The topological polar surface area (TPSA) is 0 Å². The summed E-state index contributed by atoms with van der Waals surface area (Å²) in [6.07, 6.45) is 0. The largest absolute Gasteiger partial charge is 0.216 e. The average Bonchev–Trinajstić information content (AvgIpc) is 2.02. The number of benzene rings is 1. The van der Waals surface area contributed by atoms with Crippen LogP contribution in [-0.4, -0.2) is 0 Å². The molecule has 0 aliphatic carbocycles. The van der Waals surface area contributed by atoms with Crippen molar-refractivity contribution in [1.29, 1.82) is 0 Å². The van der Waals surface area contributed by atoms with Crippen LogP contribution in [0.1, 0.15) is 11.1 Å². The maximum atomic E-state index is 13.1. The van der Waals surface area contributed by atoms with Crippen molar-refractivity contribution in [2.75, 3.05) is 0 Å². The lowest BCUT2D eigenvalue weighted by Crippen LogP contribution is -2.05. The highest BCUT2D eigenvalue weighted by Crippen LogP contribution is 2.40. The van der Waals surface area contributed by atoms with Crippen LogP contribution < -0.4 is 0 Å². The summed E-state index contributed by atoms with van der Waals surface area (Å²) in [5, 5.41) is 0. The van der Waals surface area contributed by atoms with Gasteiger partial charge in [-0.1, -0.05) is 46.9 Å². The van der Waals surface area contributed by atoms with Gasteiger partial charge in [-0.15, -0.1) is 11.6 Å². The standard InChI is InChI=1S/C8H5Cl4F/c9-4-5-6(8(10,11)12)2-1-3-7(5)13/h1-3H,4H2. The Bertz CT molecular complexity index is 306. The van der Waals surface area contributed by atoms with Crippen molar-refractivity contribution in [3.05, 3.63) is 35.1 Å². The zero-order valence-corrected chi connectivity index (χ0v) is 9.35. The van der Waals surface area contributed by atoms with Gasteiger partial charge in [-0.25, -0.2) is 4.39 Å². The molecule has 0 aliphatic heterocycles. The van der Waals surface area contributed by atoms with Crippen LogP contribution in [0.4, 0.5) is 4.39 Å². The third-order valence-electron chi connectivity index (χ3n) is 1.56. The lowest BCUT2D eigenvalue weighted by molar-refractivity contribution is 0.614. The first kappa shape index (κ1) is 11.4. The van der Waals surface area contributed by atoms with Crippen LogP contribution in [0, 0.1) is 5.82 Å². The normalized spacial score (nSPS) is 11.8. The monoisotopic (exact) mass is 260 g/mol. The maximum absolute atomic E-state index is 13.1. The van der Waals surface area contributed by atoms with Gasteiger partial charge in [-0.2, -0.15) is 0 Å². The van der Waals surface area contributed by atoms with Crippen molar-refractivity contribution in [3.63, 3.8) is 0 Å². The zero-order chi connectivity index (χ0) is 10.1. The van der Waals surface area contributed by atoms with Crippen molar-refractivity contribution in [2.24, 2.45) is 0 Å². The minimum Gasteiger partial charge on any atom is -0.207 e. The summed E-state index contributed by atoms with van der Waals surface area (Å²) in [5.41, 5.74) is 0.511. The molecule has 0 saturated carbocycles. The fourth-order valence-electron chi connectivity index (χ4n) is 0.960. The average molecular weight is 262 g/mol. The van der Waals surface area contributed by atoms with Crippen LogP contribution in [-0.2, 0) is 9.67 Å². The summed E-state index contributed by atoms with van der Waals surface area (Å²) in [4.78, 5) is 0. The molecule has 0 spiro atoms. The van der Waals surface area contributed by atoms with Crippen molar-refractivity contribution < 1.29 is 4.39 Å². The van der Waals surface area contributed by atoms with Gasteiger partial charge in [0.05, 0.1) is 5.88 Å². The zero-order valence-electron chi connectivity index (χ0n) is 6.33. The van der Waals surface area contributed by atoms with Crippen molar-refractivity contribution in [2.45, 2.75) is 9.67 Å². The van der Waals surface area contributed by atoms with E-state index in [1.54, 1.807) is 0 Å². The van der Waals surface area contributed by atoms with Gasteiger partial charge in [-0.3, -0.25) is 0 Å². The number of hydrogen-bond donors (Lipinski definition) is 0. The van der Waals surface area contributed by atoms with E-state index in [1.165, 1.54) is 18.2 Å². The molecule has 72 valence electrons. The molecule has 0 radical (unpaired) electrons. The first-order valence-corrected chi connectivity index (χ1v) is 5.04.